The monoisotopic (exact) mass is 314 g/mol. The summed E-state index contributed by atoms with van der Waals surface area (Å²) in [4.78, 5) is 16.8. The van der Waals surface area contributed by atoms with E-state index >= 15 is 0 Å². The van der Waals surface area contributed by atoms with Crippen LogP contribution in [0, 0.1) is 5.41 Å². The summed E-state index contributed by atoms with van der Waals surface area (Å²) in [6, 6.07) is 8.02. The zero-order valence-corrected chi connectivity index (χ0v) is 14.1. The van der Waals surface area contributed by atoms with Crippen molar-refractivity contribution in [2.24, 2.45) is 5.41 Å². The first kappa shape index (κ1) is 16.1. The van der Waals surface area contributed by atoms with Crippen molar-refractivity contribution in [3.8, 4) is 5.75 Å². The number of amides is 1. The number of ether oxygens (including phenoxy) is 1. The lowest BCUT2D eigenvalue weighted by molar-refractivity contribution is -0.143. The Balaban J connectivity index is 1.60. The van der Waals surface area contributed by atoms with E-state index in [-0.39, 0.29) is 5.41 Å². The number of carbonyl (C=O) groups excluding carboxylic acids is 1. The van der Waals surface area contributed by atoms with Crippen LogP contribution in [0.15, 0.2) is 30.3 Å². The average Bonchev–Trinajstić information content (AvgIpc) is 2.97. The molecule has 1 aromatic rings. The predicted octanol–water partition coefficient (Wildman–Crippen LogP) is 2.65. The summed E-state index contributed by atoms with van der Waals surface area (Å²) >= 11 is 0. The predicted molar refractivity (Wildman–Crippen MR) is 92.4 cm³/mol. The van der Waals surface area contributed by atoms with E-state index in [1.807, 2.05) is 30.1 Å². The summed E-state index contributed by atoms with van der Waals surface area (Å²) in [5, 5.41) is 0. The van der Waals surface area contributed by atoms with Crippen molar-refractivity contribution in [3.05, 3.63) is 35.9 Å². The zero-order valence-electron chi connectivity index (χ0n) is 14.1. The van der Waals surface area contributed by atoms with Gasteiger partial charge in [-0.25, -0.2) is 0 Å². The quantitative estimate of drug-likeness (QED) is 0.856. The lowest BCUT2D eigenvalue weighted by atomic mass is 9.78. The van der Waals surface area contributed by atoms with E-state index in [2.05, 4.69) is 23.1 Å². The van der Waals surface area contributed by atoms with Crippen molar-refractivity contribution in [2.75, 3.05) is 40.3 Å². The number of hydrogen-bond donors (Lipinski definition) is 0. The first-order chi connectivity index (χ1) is 11.1. The molecule has 1 atom stereocenters. The minimum Gasteiger partial charge on any atom is -0.496 e. The van der Waals surface area contributed by atoms with Crippen LogP contribution in [0.1, 0.15) is 24.8 Å². The highest BCUT2D eigenvalue weighted by atomic mass is 16.5. The number of para-hydroxylation sites is 1. The minimum atomic E-state index is -0.120. The maximum absolute atomic E-state index is 12.5. The second-order valence-electron chi connectivity index (χ2n) is 6.74. The van der Waals surface area contributed by atoms with Gasteiger partial charge in [0.15, 0.2) is 0 Å². The van der Waals surface area contributed by atoms with Gasteiger partial charge in [0.25, 0.3) is 0 Å². The SMILES string of the molecule is COc1ccccc1/C=C/CN1CCC2(CCCN(C)C2=O)C1. The fraction of sp³-hybridized carbons (Fsp3) is 0.526. The van der Waals surface area contributed by atoms with Crippen LogP contribution in [-0.2, 0) is 4.79 Å². The Kier molecular flexibility index (Phi) is 4.71. The Hall–Kier alpha value is -1.81. The topological polar surface area (TPSA) is 32.8 Å². The summed E-state index contributed by atoms with van der Waals surface area (Å²) in [5.74, 6) is 1.24. The molecule has 1 spiro atoms. The van der Waals surface area contributed by atoms with Crippen LogP contribution in [-0.4, -0.2) is 56.0 Å². The van der Waals surface area contributed by atoms with Gasteiger partial charge in [-0.05, 0) is 31.9 Å². The van der Waals surface area contributed by atoms with E-state index in [0.29, 0.717) is 5.91 Å². The maximum Gasteiger partial charge on any atom is 0.229 e. The van der Waals surface area contributed by atoms with Gasteiger partial charge in [-0.1, -0.05) is 30.4 Å². The maximum atomic E-state index is 12.5. The summed E-state index contributed by atoms with van der Waals surface area (Å²) < 4.78 is 5.37. The van der Waals surface area contributed by atoms with Gasteiger partial charge in [-0.2, -0.15) is 0 Å². The molecular weight excluding hydrogens is 288 g/mol. The van der Waals surface area contributed by atoms with Gasteiger partial charge in [-0.15, -0.1) is 0 Å². The fourth-order valence-electron chi connectivity index (χ4n) is 3.89. The van der Waals surface area contributed by atoms with Crippen molar-refractivity contribution in [1.29, 1.82) is 0 Å². The molecule has 0 saturated carbocycles. The molecule has 2 aliphatic rings. The number of nitrogens with zero attached hydrogens (tertiary/aromatic N) is 2. The van der Waals surface area contributed by atoms with Gasteiger partial charge in [0.05, 0.1) is 12.5 Å². The molecule has 1 aromatic carbocycles. The third-order valence-electron chi connectivity index (χ3n) is 5.18. The van der Waals surface area contributed by atoms with E-state index < -0.39 is 0 Å². The lowest BCUT2D eigenvalue weighted by Gasteiger charge is -2.37. The van der Waals surface area contributed by atoms with E-state index in [1.54, 1.807) is 7.11 Å². The van der Waals surface area contributed by atoms with E-state index in [4.69, 9.17) is 4.74 Å². The Morgan fingerprint density at radius 2 is 2.09 bits per heavy atom. The smallest absolute Gasteiger partial charge is 0.229 e. The molecule has 2 saturated heterocycles. The highest BCUT2D eigenvalue weighted by molar-refractivity contribution is 5.83. The highest BCUT2D eigenvalue weighted by Gasteiger charge is 2.46. The molecule has 4 nitrogen and oxygen atoms in total. The Labute approximate surface area is 138 Å². The van der Waals surface area contributed by atoms with Crippen molar-refractivity contribution < 1.29 is 9.53 Å². The van der Waals surface area contributed by atoms with Crippen molar-refractivity contribution in [2.45, 2.75) is 19.3 Å². The molecule has 23 heavy (non-hydrogen) atoms. The number of hydrogen-bond acceptors (Lipinski definition) is 3. The molecular formula is C19H26N2O2. The molecule has 1 unspecified atom stereocenters. The molecule has 0 radical (unpaired) electrons. The fourth-order valence-corrected chi connectivity index (χ4v) is 3.89. The number of likely N-dealkylation sites (tertiary alicyclic amines) is 2. The summed E-state index contributed by atoms with van der Waals surface area (Å²) in [5.41, 5.74) is 0.975. The largest absolute Gasteiger partial charge is 0.496 e. The van der Waals surface area contributed by atoms with Crippen LogP contribution in [0.2, 0.25) is 0 Å². The number of methoxy groups -OCH3 is 1. The van der Waals surface area contributed by atoms with Gasteiger partial charge in [0, 0.05) is 32.2 Å². The van der Waals surface area contributed by atoms with Crippen LogP contribution in [0.25, 0.3) is 6.08 Å². The Morgan fingerprint density at radius 3 is 2.91 bits per heavy atom. The van der Waals surface area contributed by atoms with Gasteiger partial charge >= 0.3 is 0 Å². The summed E-state index contributed by atoms with van der Waals surface area (Å²) in [6.45, 7) is 3.70. The van der Waals surface area contributed by atoms with Crippen molar-refractivity contribution in [3.63, 3.8) is 0 Å². The van der Waals surface area contributed by atoms with Crippen LogP contribution >= 0.6 is 0 Å². The first-order valence-corrected chi connectivity index (χ1v) is 8.42. The van der Waals surface area contributed by atoms with Gasteiger partial charge in [-0.3, -0.25) is 9.69 Å². The summed E-state index contributed by atoms with van der Waals surface area (Å²) in [7, 11) is 3.63. The lowest BCUT2D eigenvalue weighted by Crippen LogP contribution is -2.48. The zero-order chi connectivity index (χ0) is 16.3. The standard InChI is InChI=1S/C19H26N2O2/c1-20-12-6-10-19(18(20)22)11-14-21(15-19)13-5-8-16-7-3-4-9-17(16)23-2/h3-5,7-9H,6,10-15H2,1-2H3/b8-5+. The van der Waals surface area contributed by atoms with Gasteiger partial charge < -0.3 is 9.64 Å². The Bertz CT molecular complexity index is 599. The molecule has 2 aliphatic heterocycles. The van der Waals surface area contributed by atoms with Crippen LogP contribution in [0.3, 0.4) is 0 Å². The molecule has 2 heterocycles. The van der Waals surface area contributed by atoms with Crippen LogP contribution in [0.5, 0.6) is 5.75 Å². The molecule has 3 rings (SSSR count). The molecule has 0 aromatic heterocycles. The average molecular weight is 314 g/mol. The Morgan fingerprint density at radius 1 is 1.26 bits per heavy atom. The molecule has 2 fully saturated rings. The number of piperidine rings is 1. The molecule has 0 bridgehead atoms. The normalized spacial score (nSPS) is 25.7. The second-order valence-corrected chi connectivity index (χ2v) is 6.74. The van der Waals surface area contributed by atoms with Crippen molar-refractivity contribution >= 4 is 12.0 Å². The first-order valence-electron chi connectivity index (χ1n) is 8.42. The minimum absolute atomic E-state index is 0.120. The second kappa shape index (κ2) is 6.75. The van der Waals surface area contributed by atoms with Crippen LogP contribution < -0.4 is 4.74 Å². The number of rotatable bonds is 4. The number of carbonyl (C=O) groups is 1. The van der Waals surface area contributed by atoms with Gasteiger partial charge in [0.1, 0.15) is 5.75 Å². The third kappa shape index (κ3) is 3.27. The summed E-state index contributed by atoms with van der Waals surface area (Å²) in [6.07, 6.45) is 7.46. The molecule has 0 aliphatic carbocycles. The van der Waals surface area contributed by atoms with E-state index in [1.165, 1.54) is 0 Å². The molecule has 124 valence electrons. The van der Waals surface area contributed by atoms with Crippen LogP contribution in [0.4, 0.5) is 0 Å². The highest BCUT2D eigenvalue weighted by Crippen LogP contribution is 2.39. The number of benzene rings is 1. The molecule has 0 N–H and O–H groups in total. The van der Waals surface area contributed by atoms with Gasteiger partial charge in [0.2, 0.25) is 5.91 Å². The molecule has 1 amide bonds. The van der Waals surface area contributed by atoms with Crippen molar-refractivity contribution in [1.82, 2.24) is 9.80 Å². The van der Waals surface area contributed by atoms with E-state index in [9.17, 15) is 4.79 Å². The molecule has 4 heteroatoms. The third-order valence-corrected chi connectivity index (χ3v) is 5.18. The van der Waals surface area contributed by atoms with E-state index in [0.717, 1.165) is 56.8 Å².